The molecule has 0 aliphatic carbocycles. The number of rotatable bonds is 21. The van der Waals surface area contributed by atoms with Gasteiger partial charge in [-0.15, -0.1) is 11.3 Å². The van der Waals surface area contributed by atoms with Crippen LogP contribution >= 0.6 is 22.9 Å². The third kappa shape index (κ3) is 11.6. The number of phenols is 1. The molecule has 1 atom stereocenters. The van der Waals surface area contributed by atoms with Gasteiger partial charge in [0, 0.05) is 70.6 Å². The van der Waals surface area contributed by atoms with E-state index in [1.165, 1.54) is 13.0 Å². The van der Waals surface area contributed by atoms with Gasteiger partial charge in [0.2, 0.25) is 24.2 Å². The van der Waals surface area contributed by atoms with Crippen molar-refractivity contribution < 1.29 is 38.1 Å². The Morgan fingerprint density at radius 3 is 2.40 bits per heavy atom. The summed E-state index contributed by atoms with van der Waals surface area (Å²) in [5, 5.41) is 18.5. The van der Waals surface area contributed by atoms with Crippen LogP contribution in [-0.4, -0.2) is 134 Å². The first-order valence-electron chi connectivity index (χ1n) is 21.4. The van der Waals surface area contributed by atoms with Crippen LogP contribution in [0.5, 0.6) is 5.75 Å². The van der Waals surface area contributed by atoms with E-state index < -0.39 is 5.82 Å². The van der Waals surface area contributed by atoms with Gasteiger partial charge in [0.1, 0.15) is 17.1 Å². The summed E-state index contributed by atoms with van der Waals surface area (Å²) >= 11 is 8.45. The summed E-state index contributed by atoms with van der Waals surface area (Å²) in [6.45, 7) is 7.86. The van der Waals surface area contributed by atoms with Gasteiger partial charge in [-0.25, -0.2) is 14.4 Å². The number of piperazine rings is 1. The molecule has 2 aromatic heterocycles. The molecule has 4 aromatic carbocycles. The highest BCUT2D eigenvalue weighted by atomic mass is 35.5. The lowest BCUT2D eigenvalue weighted by Crippen LogP contribution is -2.48. The molecule has 6 aromatic rings. The molecular formula is C47H52ClFN8O7S. The number of aromatic hydroxyl groups is 1. The maximum atomic E-state index is 16.9. The first-order chi connectivity index (χ1) is 31.5. The number of amides is 3. The number of hydrogen-bond donors (Lipinski definition) is 3. The smallest absolute Gasteiger partial charge is 0.225 e. The van der Waals surface area contributed by atoms with Gasteiger partial charge in [-0.3, -0.25) is 14.4 Å². The zero-order chi connectivity index (χ0) is 45.9. The number of aromatic nitrogens is 3. The number of nitrogens with one attached hydrogen (secondary N) is 2. The van der Waals surface area contributed by atoms with Crippen LogP contribution in [0.15, 0.2) is 72.2 Å². The number of halogens is 2. The molecule has 7 rings (SSSR count). The predicted octanol–water partition coefficient (Wildman–Crippen LogP) is 6.85. The summed E-state index contributed by atoms with van der Waals surface area (Å²) in [7, 11) is 1.69. The third-order valence-corrected chi connectivity index (χ3v) is 12.5. The Balaban J connectivity index is 0.880. The molecule has 0 unspecified atom stereocenters. The van der Waals surface area contributed by atoms with E-state index in [2.05, 4.69) is 20.6 Å². The molecule has 0 radical (unpaired) electrons. The lowest BCUT2D eigenvalue weighted by molar-refractivity contribution is -0.130. The van der Waals surface area contributed by atoms with Gasteiger partial charge in [0.25, 0.3) is 0 Å². The number of nitrogens with zero attached hydrogens (tertiary/aromatic N) is 6. The summed E-state index contributed by atoms with van der Waals surface area (Å²) in [6.07, 6.45) is 0.778. The topological polar surface area (TPSA) is 172 Å². The molecule has 18 heteroatoms. The molecule has 1 saturated heterocycles. The van der Waals surface area contributed by atoms with Crippen molar-refractivity contribution in [1.82, 2.24) is 30.1 Å². The minimum atomic E-state index is -0.676. The van der Waals surface area contributed by atoms with Crippen LogP contribution in [0.2, 0.25) is 5.02 Å². The van der Waals surface area contributed by atoms with Crippen molar-refractivity contribution in [2.75, 3.05) is 96.2 Å². The normalized spacial score (nSPS) is 13.3. The number of thiazole rings is 1. The van der Waals surface area contributed by atoms with Gasteiger partial charge in [0.05, 0.1) is 66.8 Å². The van der Waals surface area contributed by atoms with Crippen LogP contribution < -0.4 is 15.5 Å². The second kappa shape index (κ2) is 22.3. The monoisotopic (exact) mass is 926 g/mol. The van der Waals surface area contributed by atoms with E-state index in [-0.39, 0.29) is 58.6 Å². The SMILES string of the molecule is CC(=O)N1CCN(c2nc(NCCC(=O)N(C)CCOCCOCCOC[C@H](NC=O)c3ccc(-c4scnc4C)cc3)nc3c(F)c(-c4cc(O)cc5ccccc45)c(Cl)cc23)CC1. The number of aryl methyl sites for hydroxylation is 1. The summed E-state index contributed by atoms with van der Waals surface area (Å²) in [4.78, 5) is 56.5. The van der Waals surface area contributed by atoms with Gasteiger partial charge < -0.3 is 44.7 Å². The molecule has 342 valence electrons. The Morgan fingerprint density at radius 1 is 0.969 bits per heavy atom. The fraction of sp³-hybridized carbons (Fsp3) is 0.362. The first kappa shape index (κ1) is 47.0. The molecule has 1 aliphatic heterocycles. The van der Waals surface area contributed by atoms with E-state index in [9.17, 15) is 19.5 Å². The molecule has 1 aliphatic rings. The molecule has 0 saturated carbocycles. The lowest BCUT2D eigenvalue weighted by Gasteiger charge is -2.35. The zero-order valence-corrected chi connectivity index (χ0v) is 38.1. The molecule has 15 nitrogen and oxygen atoms in total. The maximum absolute atomic E-state index is 16.9. The van der Waals surface area contributed by atoms with Crippen LogP contribution in [0.3, 0.4) is 0 Å². The van der Waals surface area contributed by atoms with E-state index >= 15 is 4.39 Å². The van der Waals surface area contributed by atoms with Crippen LogP contribution in [0.1, 0.15) is 30.6 Å². The van der Waals surface area contributed by atoms with Gasteiger partial charge >= 0.3 is 0 Å². The fourth-order valence-electron chi connectivity index (χ4n) is 7.69. The zero-order valence-electron chi connectivity index (χ0n) is 36.5. The Kier molecular flexibility index (Phi) is 16.1. The summed E-state index contributed by atoms with van der Waals surface area (Å²) < 4.78 is 34.0. The van der Waals surface area contributed by atoms with Crippen LogP contribution in [0.25, 0.3) is 43.2 Å². The van der Waals surface area contributed by atoms with Crippen molar-refractivity contribution in [1.29, 1.82) is 0 Å². The Bertz CT molecular complexity index is 2610. The molecule has 0 spiro atoms. The Hall–Kier alpha value is -5.98. The van der Waals surface area contributed by atoms with Gasteiger partial charge in [0.15, 0.2) is 5.82 Å². The highest BCUT2D eigenvalue weighted by Gasteiger charge is 2.26. The number of fused-ring (bicyclic) bond motifs is 2. The second-order valence-corrected chi connectivity index (χ2v) is 16.8. The number of likely N-dealkylation sites (N-methyl/N-ethyl adjacent to an activating group) is 1. The minimum Gasteiger partial charge on any atom is -0.508 e. The van der Waals surface area contributed by atoms with Gasteiger partial charge in [-0.1, -0.05) is 60.1 Å². The van der Waals surface area contributed by atoms with Crippen LogP contribution in [0.4, 0.5) is 16.2 Å². The first-order valence-corrected chi connectivity index (χ1v) is 22.6. The van der Waals surface area contributed by atoms with E-state index in [0.717, 1.165) is 27.1 Å². The number of phenolic OH excluding ortho intramolecular Hbond substituents is 1. The second-order valence-electron chi connectivity index (χ2n) is 15.5. The van der Waals surface area contributed by atoms with Crippen molar-refractivity contribution in [3.8, 4) is 27.3 Å². The number of hydrogen-bond acceptors (Lipinski definition) is 13. The molecule has 3 heterocycles. The average Bonchev–Trinajstić information content (AvgIpc) is 3.74. The fourth-order valence-corrected chi connectivity index (χ4v) is 8.79. The largest absolute Gasteiger partial charge is 0.508 e. The molecule has 3 N–H and O–H groups in total. The van der Waals surface area contributed by atoms with E-state index in [0.29, 0.717) is 101 Å². The number of anilines is 2. The lowest BCUT2D eigenvalue weighted by atomic mass is 9.96. The van der Waals surface area contributed by atoms with E-state index in [1.807, 2.05) is 65.9 Å². The highest BCUT2D eigenvalue weighted by molar-refractivity contribution is 7.13. The number of ether oxygens (including phenoxy) is 3. The number of carbonyl (C=O) groups excluding carboxylic acids is 3. The van der Waals surface area contributed by atoms with Gasteiger partial charge in [-0.2, -0.15) is 4.98 Å². The molecule has 0 bridgehead atoms. The summed E-state index contributed by atoms with van der Waals surface area (Å²) in [5.41, 5.74) is 5.35. The summed E-state index contributed by atoms with van der Waals surface area (Å²) in [5.74, 6) is -0.295. The summed E-state index contributed by atoms with van der Waals surface area (Å²) in [6, 6.07) is 19.8. The number of benzene rings is 4. The quantitative estimate of drug-likeness (QED) is 0.0508. The molecule has 65 heavy (non-hydrogen) atoms. The van der Waals surface area contributed by atoms with Crippen molar-refractivity contribution in [3.05, 3.63) is 94.3 Å². The van der Waals surface area contributed by atoms with Crippen molar-refractivity contribution >= 4 is 74.6 Å². The minimum absolute atomic E-state index is 0.0243. The maximum Gasteiger partial charge on any atom is 0.225 e. The average molecular weight is 927 g/mol. The molecule has 1 fully saturated rings. The predicted molar refractivity (Wildman–Crippen MR) is 251 cm³/mol. The van der Waals surface area contributed by atoms with Crippen molar-refractivity contribution in [3.63, 3.8) is 0 Å². The van der Waals surface area contributed by atoms with Crippen molar-refractivity contribution in [2.24, 2.45) is 0 Å². The third-order valence-electron chi connectivity index (χ3n) is 11.2. The molecule has 3 amide bonds. The Labute approximate surface area is 385 Å². The molecular weight excluding hydrogens is 875 g/mol. The Morgan fingerprint density at radius 2 is 1.69 bits per heavy atom. The van der Waals surface area contributed by atoms with Gasteiger partial charge in [-0.05, 0) is 52.6 Å². The number of carbonyl (C=O) groups is 3. The van der Waals surface area contributed by atoms with Crippen LogP contribution in [0, 0.1) is 12.7 Å². The van der Waals surface area contributed by atoms with E-state index in [1.54, 1.807) is 40.3 Å². The van der Waals surface area contributed by atoms with Crippen LogP contribution in [-0.2, 0) is 28.6 Å². The van der Waals surface area contributed by atoms with E-state index in [4.69, 9.17) is 30.8 Å². The highest BCUT2D eigenvalue weighted by Crippen LogP contribution is 2.42. The van der Waals surface area contributed by atoms with Crippen molar-refractivity contribution in [2.45, 2.75) is 26.3 Å². The standard InChI is InChI=1S/C47H52ClFN8O7S/c1-30-45(65-29-52-30)33-10-8-32(9-11-33)40(51-28-58)27-64-23-22-63-21-20-62-19-18-55(3)41(61)12-13-50-47-53-44-38(46(54-47)57-16-14-56(15-17-57)31(2)59)26-39(48)42(43(44)49)37-25-35(60)24-34-6-4-5-7-36(34)37/h4-11,24-26,28-29,40,60H,12-23,27H2,1-3H3,(H,51,58)(H,50,53,54)/t40-/m0/s1.